The minimum atomic E-state index is -0.787. The van der Waals surface area contributed by atoms with Gasteiger partial charge in [0.05, 0.1) is 13.0 Å². The van der Waals surface area contributed by atoms with E-state index in [2.05, 4.69) is 0 Å². The quantitative estimate of drug-likeness (QED) is 0.889. The number of carboxylic acids is 1. The third-order valence-corrected chi connectivity index (χ3v) is 3.45. The van der Waals surface area contributed by atoms with E-state index in [4.69, 9.17) is 4.74 Å². The lowest BCUT2D eigenvalue weighted by Crippen LogP contribution is -2.30. The minimum absolute atomic E-state index is 0.152. The Morgan fingerprint density at radius 2 is 1.74 bits per heavy atom. The molecule has 0 radical (unpaired) electrons. The summed E-state index contributed by atoms with van der Waals surface area (Å²) in [7, 11) is 5.45. The van der Waals surface area contributed by atoms with Crippen molar-refractivity contribution in [3.05, 3.63) is 28.8 Å². The van der Waals surface area contributed by atoms with E-state index in [0.29, 0.717) is 0 Å². The Morgan fingerprint density at radius 1 is 1.26 bits per heavy atom. The highest BCUT2D eigenvalue weighted by Crippen LogP contribution is 2.32. The number of carboxylic acid groups (broad SMARTS) is 1. The van der Waals surface area contributed by atoms with Crippen LogP contribution in [0.4, 0.5) is 0 Å². The molecule has 0 aliphatic rings. The van der Waals surface area contributed by atoms with Gasteiger partial charge < -0.3 is 14.7 Å². The molecule has 0 saturated carbocycles. The molecule has 2 unspecified atom stereocenters. The van der Waals surface area contributed by atoms with Crippen LogP contribution in [0.5, 0.6) is 5.75 Å². The zero-order valence-electron chi connectivity index (χ0n) is 12.5. The van der Waals surface area contributed by atoms with Gasteiger partial charge in [-0.3, -0.25) is 4.79 Å². The van der Waals surface area contributed by atoms with E-state index >= 15 is 0 Å². The average molecular weight is 265 g/mol. The second-order valence-corrected chi connectivity index (χ2v) is 5.22. The Kier molecular flexibility index (Phi) is 4.95. The lowest BCUT2D eigenvalue weighted by Gasteiger charge is -2.29. The number of methoxy groups -OCH3 is 1. The predicted molar refractivity (Wildman–Crippen MR) is 75.7 cm³/mol. The van der Waals surface area contributed by atoms with E-state index in [1.165, 1.54) is 0 Å². The van der Waals surface area contributed by atoms with Crippen LogP contribution in [0, 0.1) is 19.8 Å². The lowest BCUT2D eigenvalue weighted by atomic mass is 9.91. The van der Waals surface area contributed by atoms with Crippen molar-refractivity contribution in [2.24, 2.45) is 5.92 Å². The van der Waals surface area contributed by atoms with Gasteiger partial charge in [0, 0.05) is 6.04 Å². The average Bonchev–Trinajstić information content (AvgIpc) is 2.28. The number of hydrogen-bond acceptors (Lipinski definition) is 3. The molecule has 4 heteroatoms. The van der Waals surface area contributed by atoms with E-state index in [0.717, 1.165) is 22.4 Å². The molecule has 1 N–H and O–H groups in total. The summed E-state index contributed by atoms with van der Waals surface area (Å²) in [4.78, 5) is 13.2. The Labute approximate surface area is 115 Å². The Morgan fingerprint density at radius 3 is 2.05 bits per heavy atom. The van der Waals surface area contributed by atoms with E-state index in [-0.39, 0.29) is 6.04 Å². The fourth-order valence-electron chi connectivity index (χ4n) is 2.65. The third kappa shape index (κ3) is 3.26. The monoisotopic (exact) mass is 265 g/mol. The van der Waals surface area contributed by atoms with Gasteiger partial charge in [0.25, 0.3) is 0 Å². The fourth-order valence-corrected chi connectivity index (χ4v) is 2.65. The SMILES string of the molecule is COc1c(C)cc(C(C(C)C(=O)O)N(C)C)cc1C. The molecule has 0 aromatic heterocycles. The van der Waals surface area contributed by atoms with Crippen LogP contribution < -0.4 is 4.74 Å². The van der Waals surface area contributed by atoms with Gasteiger partial charge in [-0.15, -0.1) is 0 Å². The van der Waals surface area contributed by atoms with Gasteiger partial charge in [0.15, 0.2) is 0 Å². The van der Waals surface area contributed by atoms with Crippen molar-refractivity contribution < 1.29 is 14.6 Å². The van der Waals surface area contributed by atoms with Crippen LogP contribution in [0.3, 0.4) is 0 Å². The van der Waals surface area contributed by atoms with Crippen LogP contribution in [0.15, 0.2) is 12.1 Å². The summed E-state index contributed by atoms with van der Waals surface area (Å²) in [5.41, 5.74) is 3.07. The molecule has 0 spiro atoms. The maximum absolute atomic E-state index is 11.3. The molecule has 0 saturated heterocycles. The number of benzene rings is 1. The molecular formula is C15H23NO3. The smallest absolute Gasteiger partial charge is 0.308 e. The third-order valence-electron chi connectivity index (χ3n) is 3.45. The van der Waals surface area contributed by atoms with Crippen LogP contribution >= 0.6 is 0 Å². The molecule has 2 atom stereocenters. The first kappa shape index (κ1) is 15.5. The van der Waals surface area contributed by atoms with Crippen molar-refractivity contribution in [2.75, 3.05) is 21.2 Å². The summed E-state index contributed by atoms with van der Waals surface area (Å²) in [5.74, 6) is -0.392. The Hall–Kier alpha value is -1.55. The second kappa shape index (κ2) is 6.06. The summed E-state index contributed by atoms with van der Waals surface area (Å²) in [6.45, 7) is 5.70. The predicted octanol–water partition coefficient (Wildman–Crippen LogP) is 2.64. The number of nitrogens with zero attached hydrogens (tertiary/aromatic N) is 1. The standard InChI is InChI=1S/C15H23NO3/c1-9-7-12(8-10(2)14(9)19-6)13(16(4)5)11(3)15(17)18/h7-8,11,13H,1-6H3,(H,17,18). The van der Waals surface area contributed by atoms with E-state index in [9.17, 15) is 9.90 Å². The Balaban J connectivity index is 3.28. The highest BCUT2D eigenvalue weighted by molar-refractivity contribution is 5.71. The molecule has 0 amide bonds. The number of hydrogen-bond donors (Lipinski definition) is 1. The first-order valence-corrected chi connectivity index (χ1v) is 6.34. The molecule has 0 aliphatic heterocycles. The van der Waals surface area contributed by atoms with Crippen molar-refractivity contribution in [1.29, 1.82) is 0 Å². The normalized spacial score (nSPS) is 14.3. The van der Waals surface area contributed by atoms with Crippen LogP contribution in [-0.4, -0.2) is 37.2 Å². The van der Waals surface area contributed by atoms with Gasteiger partial charge in [-0.25, -0.2) is 0 Å². The number of ether oxygens (including phenoxy) is 1. The molecule has 1 aromatic rings. The van der Waals surface area contributed by atoms with Gasteiger partial charge in [-0.1, -0.05) is 19.1 Å². The minimum Gasteiger partial charge on any atom is -0.496 e. The van der Waals surface area contributed by atoms with Crippen molar-refractivity contribution in [3.8, 4) is 5.75 Å². The molecule has 1 aromatic carbocycles. The van der Waals surface area contributed by atoms with Gasteiger partial charge in [0.1, 0.15) is 5.75 Å². The first-order chi connectivity index (χ1) is 8.79. The topological polar surface area (TPSA) is 49.8 Å². The maximum Gasteiger partial charge on any atom is 0.308 e. The molecular weight excluding hydrogens is 242 g/mol. The van der Waals surface area contributed by atoms with Crippen molar-refractivity contribution in [1.82, 2.24) is 4.90 Å². The molecule has 0 heterocycles. The summed E-state index contributed by atoms with van der Waals surface area (Å²) in [6, 6.07) is 3.87. The van der Waals surface area contributed by atoms with Crippen LogP contribution in [-0.2, 0) is 4.79 Å². The largest absolute Gasteiger partial charge is 0.496 e. The zero-order valence-corrected chi connectivity index (χ0v) is 12.5. The molecule has 0 aliphatic carbocycles. The zero-order chi connectivity index (χ0) is 14.7. The van der Waals surface area contributed by atoms with Gasteiger partial charge in [0.2, 0.25) is 0 Å². The molecule has 19 heavy (non-hydrogen) atoms. The lowest BCUT2D eigenvalue weighted by molar-refractivity contribution is -0.143. The Bertz CT molecular complexity index is 445. The summed E-state index contributed by atoms with van der Waals surface area (Å²) >= 11 is 0. The molecule has 0 bridgehead atoms. The summed E-state index contributed by atoms with van der Waals surface area (Å²) < 4.78 is 5.35. The number of aliphatic carboxylic acids is 1. The second-order valence-electron chi connectivity index (χ2n) is 5.22. The number of carbonyl (C=O) groups is 1. The highest BCUT2D eigenvalue weighted by Gasteiger charge is 2.27. The van der Waals surface area contributed by atoms with Gasteiger partial charge in [-0.2, -0.15) is 0 Å². The van der Waals surface area contributed by atoms with Crippen LogP contribution in [0.25, 0.3) is 0 Å². The van der Waals surface area contributed by atoms with Crippen molar-refractivity contribution in [3.63, 3.8) is 0 Å². The molecule has 0 fully saturated rings. The highest BCUT2D eigenvalue weighted by atomic mass is 16.5. The molecule has 4 nitrogen and oxygen atoms in total. The van der Waals surface area contributed by atoms with E-state index < -0.39 is 11.9 Å². The number of aryl methyl sites for hydroxylation is 2. The van der Waals surface area contributed by atoms with E-state index in [1.807, 2.05) is 45.0 Å². The summed E-state index contributed by atoms with van der Waals surface area (Å²) in [5, 5.41) is 9.25. The van der Waals surface area contributed by atoms with Gasteiger partial charge >= 0.3 is 5.97 Å². The molecule has 1 rings (SSSR count). The van der Waals surface area contributed by atoms with Crippen molar-refractivity contribution in [2.45, 2.75) is 26.8 Å². The van der Waals surface area contributed by atoms with Crippen LogP contribution in [0.2, 0.25) is 0 Å². The van der Waals surface area contributed by atoms with Crippen molar-refractivity contribution >= 4 is 5.97 Å². The fraction of sp³-hybridized carbons (Fsp3) is 0.533. The maximum atomic E-state index is 11.3. The van der Waals surface area contributed by atoms with Crippen LogP contribution in [0.1, 0.15) is 29.7 Å². The summed E-state index contributed by atoms with van der Waals surface area (Å²) in [6.07, 6.45) is 0. The van der Waals surface area contributed by atoms with E-state index in [1.54, 1.807) is 14.0 Å². The molecule has 106 valence electrons. The first-order valence-electron chi connectivity index (χ1n) is 6.34. The number of rotatable bonds is 5. The van der Waals surface area contributed by atoms with Gasteiger partial charge in [-0.05, 0) is 44.6 Å².